The fourth-order valence-corrected chi connectivity index (χ4v) is 1.47. The van der Waals surface area contributed by atoms with Crippen LogP contribution in [0.3, 0.4) is 0 Å². The number of hydrogen-bond acceptors (Lipinski definition) is 2. The summed E-state index contributed by atoms with van der Waals surface area (Å²) >= 11 is 0. The first kappa shape index (κ1) is 11.9. The van der Waals surface area contributed by atoms with Gasteiger partial charge in [-0.3, -0.25) is 4.79 Å². The van der Waals surface area contributed by atoms with E-state index in [9.17, 15) is 4.79 Å². The Balaban J connectivity index is 2.88. The molecule has 0 bridgehead atoms. The number of aryl methyl sites for hydroxylation is 1. The number of hydrogen-bond donors (Lipinski definition) is 0. The Labute approximate surface area is 91.3 Å². The molecule has 0 aliphatic rings. The Kier molecular flexibility index (Phi) is 4.50. The highest BCUT2D eigenvalue weighted by molar-refractivity contribution is 5.84. The summed E-state index contributed by atoms with van der Waals surface area (Å²) in [6, 6.07) is 7.93. The summed E-state index contributed by atoms with van der Waals surface area (Å²) in [6.45, 7) is 6.36. The summed E-state index contributed by atoms with van der Waals surface area (Å²) in [7, 11) is 0. The number of benzene rings is 1. The van der Waals surface area contributed by atoms with Gasteiger partial charge in [-0.2, -0.15) is 0 Å². The first-order valence-corrected chi connectivity index (χ1v) is 5.39. The molecular weight excluding hydrogens is 188 g/mol. The maximum atomic E-state index is 11.7. The van der Waals surface area contributed by atoms with Gasteiger partial charge in [0.25, 0.3) is 0 Å². The SMILES string of the molecule is CCOC(C(=O)CC)c1ccc(C)cc1. The third kappa shape index (κ3) is 3.17. The van der Waals surface area contributed by atoms with Crippen molar-refractivity contribution < 1.29 is 9.53 Å². The van der Waals surface area contributed by atoms with Crippen LogP contribution in [0.15, 0.2) is 24.3 Å². The number of ether oxygens (including phenoxy) is 1. The van der Waals surface area contributed by atoms with Crippen LogP contribution in [-0.2, 0) is 9.53 Å². The Bertz CT molecular complexity index is 314. The molecule has 0 fully saturated rings. The Morgan fingerprint density at radius 2 is 1.87 bits per heavy atom. The number of ketones is 1. The molecule has 0 N–H and O–H groups in total. The fourth-order valence-electron chi connectivity index (χ4n) is 1.47. The van der Waals surface area contributed by atoms with Crippen molar-refractivity contribution in [2.24, 2.45) is 0 Å². The van der Waals surface area contributed by atoms with Crippen molar-refractivity contribution in [3.63, 3.8) is 0 Å². The van der Waals surface area contributed by atoms with Crippen LogP contribution in [0.5, 0.6) is 0 Å². The second kappa shape index (κ2) is 5.66. The third-order valence-electron chi connectivity index (χ3n) is 2.35. The predicted octanol–water partition coefficient (Wildman–Crippen LogP) is 3.05. The first-order chi connectivity index (χ1) is 7.19. The van der Waals surface area contributed by atoms with Crippen LogP contribution in [0.4, 0.5) is 0 Å². The third-order valence-corrected chi connectivity index (χ3v) is 2.35. The molecule has 0 heterocycles. The van der Waals surface area contributed by atoms with Crippen molar-refractivity contribution in [3.05, 3.63) is 35.4 Å². The summed E-state index contributed by atoms with van der Waals surface area (Å²) in [5.74, 6) is 0.140. The highest BCUT2D eigenvalue weighted by Crippen LogP contribution is 2.20. The van der Waals surface area contributed by atoms with Crippen molar-refractivity contribution >= 4 is 5.78 Å². The maximum Gasteiger partial charge on any atom is 0.165 e. The van der Waals surface area contributed by atoms with Gasteiger partial charge in [-0.05, 0) is 19.4 Å². The minimum Gasteiger partial charge on any atom is -0.366 e. The van der Waals surface area contributed by atoms with Gasteiger partial charge in [-0.15, -0.1) is 0 Å². The van der Waals surface area contributed by atoms with Crippen LogP contribution < -0.4 is 0 Å². The Morgan fingerprint density at radius 3 is 2.33 bits per heavy atom. The zero-order valence-electron chi connectivity index (χ0n) is 9.62. The molecule has 0 saturated heterocycles. The zero-order chi connectivity index (χ0) is 11.3. The van der Waals surface area contributed by atoms with E-state index in [0.29, 0.717) is 13.0 Å². The largest absolute Gasteiger partial charge is 0.366 e. The van der Waals surface area contributed by atoms with Crippen LogP contribution in [0.25, 0.3) is 0 Å². The van der Waals surface area contributed by atoms with Gasteiger partial charge >= 0.3 is 0 Å². The molecule has 1 aromatic carbocycles. The standard InChI is InChI=1S/C13H18O2/c1-4-12(14)13(15-5-2)11-8-6-10(3)7-9-11/h6-9,13H,4-5H2,1-3H3. The lowest BCUT2D eigenvalue weighted by molar-refractivity contribution is -0.130. The van der Waals surface area contributed by atoms with Crippen molar-refractivity contribution in [3.8, 4) is 0 Å². The molecule has 1 unspecified atom stereocenters. The van der Waals surface area contributed by atoms with E-state index in [4.69, 9.17) is 4.74 Å². The summed E-state index contributed by atoms with van der Waals surface area (Å²) < 4.78 is 5.47. The molecule has 0 radical (unpaired) electrons. The van der Waals surface area contributed by atoms with Gasteiger partial charge in [0.05, 0.1) is 0 Å². The number of carbonyl (C=O) groups excluding carboxylic acids is 1. The lowest BCUT2D eigenvalue weighted by Crippen LogP contribution is -2.15. The van der Waals surface area contributed by atoms with Crippen LogP contribution >= 0.6 is 0 Å². The van der Waals surface area contributed by atoms with Crippen molar-refractivity contribution in [2.45, 2.75) is 33.3 Å². The molecule has 0 aliphatic heterocycles. The van der Waals surface area contributed by atoms with Crippen molar-refractivity contribution in [2.75, 3.05) is 6.61 Å². The van der Waals surface area contributed by atoms with Crippen LogP contribution in [0, 0.1) is 6.92 Å². The topological polar surface area (TPSA) is 26.3 Å². The fraction of sp³-hybridized carbons (Fsp3) is 0.462. The van der Waals surface area contributed by atoms with Crippen LogP contribution in [0.2, 0.25) is 0 Å². The number of carbonyl (C=O) groups is 1. The van der Waals surface area contributed by atoms with E-state index in [1.165, 1.54) is 5.56 Å². The van der Waals surface area contributed by atoms with E-state index >= 15 is 0 Å². The van der Waals surface area contributed by atoms with E-state index in [0.717, 1.165) is 5.56 Å². The highest BCUT2D eigenvalue weighted by Gasteiger charge is 2.18. The maximum absolute atomic E-state index is 11.7. The minimum absolute atomic E-state index is 0.140. The second-order valence-corrected chi connectivity index (χ2v) is 3.57. The predicted molar refractivity (Wildman–Crippen MR) is 60.8 cm³/mol. The van der Waals surface area contributed by atoms with Gasteiger partial charge in [0.15, 0.2) is 5.78 Å². The monoisotopic (exact) mass is 206 g/mol. The molecule has 0 saturated carbocycles. The lowest BCUT2D eigenvalue weighted by atomic mass is 10.0. The van der Waals surface area contributed by atoms with E-state index in [-0.39, 0.29) is 11.9 Å². The summed E-state index contributed by atoms with van der Waals surface area (Å²) in [5, 5.41) is 0. The van der Waals surface area contributed by atoms with Gasteiger partial charge in [0.1, 0.15) is 6.10 Å². The molecular formula is C13H18O2. The van der Waals surface area contributed by atoms with Gasteiger partial charge in [0, 0.05) is 13.0 Å². The molecule has 0 amide bonds. The molecule has 0 spiro atoms. The average Bonchev–Trinajstić information content (AvgIpc) is 2.26. The molecule has 82 valence electrons. The summed E-state index contributed by atoms with van der Waals surface area (Å²) in [4.78, 5) is 11.7. The average molecular weight is 206 g/mol. The van der Waals surface area contributed by atoms with E-state index in [2.05, 4.69) is 0 Å². The zero-order valence-corrected chi connectivity index (χ0v) is 9.62. The number of Topliss-reactive ketones (excluding diaryl/α,β-unsaturated/α-hetero) is 1. The summed E-state index contributed by atoms with van der Waals surface area (Å²) in [5.41, 5.74) is 2.15. The second-order valence-electron chi connectivity index (χ2n) is 3.57. The normalized spacial score (nSPS) is 12.5. The highest BCUT2D eigenvalue weighted by atomic mass is 16.5. The van der Waals surface area contributed by atoms with Crippen molar-refractivity contribution in [1.82, 2.24) is 0 Å². The van der Waals surface area contributed by atoms with E-state index < -0.39 is 0 Å². The molecule has 1 rings (SSSR count). The molecule has 0 aromatic heterocycles. The number of rotatable bonds is 5. The molecule has 15 heavy (non-hydrogen) atoms. The smallest absolute Gasteiger partial charge is 0.165 e. The molecule has 0 aliphatic carbocycles. The van der Waals surface area contributed by atoms with Crippen molar-refractivity contribution in [1.29, 1.82) is 0 Å². The Hall–Kier alpha value is -1.15. The first-order valence-electron chi connectivity index (χ1n) is 5.39. The molecule has 2 nitrogen and oxygen atoms in total. The van der Waals surface area contributed by atoms with Gasteiger partial charge < -0.3 is 4.74 Å². The van der Waals surface area contributed by atoms with Gasteiger partial charge in [-0.1, -0.05) is 36.8 Å². The van der Waals surface area contributed by atoms with E-state index in [1.807, 2.05) is 45.0 Å². The van der Waals surface area contributed by atoms with Gasteiger partial charge in [-0.25, -0.2) is 0 Å². The lowest BCUT2D eigenvalue weighted by Gasteiger charge is -2.15. The van der Waals surface area contributed by atoms with E-state index in [1.54, 1.807) is 0 Å². The van der Waals surface area contributed by atoms with Crippen LogP contribution in [0.1, 0.15) is 37.5 Å². The Morgan fingerprint density at radius 1 is 1.27 bits per heavy atom. The molecule has 2 heteroatoms. The van der Waals surface area contributed by atoms with Crippen LogP contribution in [-0.4, -0.2) is 12.4 Å². The van der Waals surface area contributed by atoms with Gasteiger partial charge in [0.2, 0.25) is 0 Å². The summed E-state index contributed by atoms with van der Waals surface area (Å²) in [6.07, 6.45) is 0.124. The minimum atomic E-state index is -0.388. The quantitative estimate of drug-likeness (QED) is 0.740. The molecule has 1 atom stereocenters. The molecule has 1 aromatic rings.